The fourth-order valence-electron chi connectivity index (χ4n) is 2.25. The summed E-state index contributed by atoms with van der Waals surface area (Å²) < 4.78 is 29.3. The molecule has 1 aliphatic rings. The number of benzene rings is 1. The lowest BCUT2D eigenvalue weighted by Gasteiger charge is -2.09. The molecule has 0 radical (unpaired) electrons. The quantitative estimate of drug-likeness (QED) is 0.851. The smallest absolute Gasteiger partial charge is 0.150 e. The standard InChI is InChI=1S/C14H21NO3S/c1-11(9-15)10-19(16,17)7-5-12-2-3-14-13(8-12)4-6-18-14/h2-3,8,11H,4-7,9-10,15H2,1H3. The molecule has 0 aliphatic carbocycles. The summed E-state index contributed by atoms with van der Waals surface area (Å²) in [7, 11) is -3.02. The highest BCUT2D eigenvalue weighted by Gasteiger charge is 2.16. The van der Waals surface area contributed by atoms with E-state index in [1.165, 1.54) is 5.56 Å². The number of rotatable bonds is 6. The molecule has 1 aliphatic heterocycles. The lowest BCUT2D eigenvalue weighted by Crippen LogP contribution is -2.23. The van der Waals surface area contributed by atoms with E-state index in [4.69, 9.17) is 10.5 Å². The highest BCUT2D eigenvalue weighted by atomic mass is 32.2. The summed E-state index contributed by atoms with van der Waals surface area (Å²) in [5.41, 5.74) is 7.72. The normalized spacial score (nSPS) is 15.9. The summed E-state index contributed by atoms with van der Waals surface area (Å²) in [4.78, 5) is 0. The van der Waals surface area contributed by atoms with Crippen molar-refractivity contribution in [3.8, 4) is 5.75 Å². The van der Waals surface area contributed by atoms with Gasteiger partial charge in [-0.15, -0.1) is 0 Å². The molecule has 19 heavy (non-hydrogen) atoms. The molecule has 106 valence electrons. The fourth-order valence-corrected chi connectivity index (χ4v) is 3.97. The molecule has 0 saturated heterocycles. The second-order valence-corrected chi connectivity index (χ2v) is 7.47. The average Bonchev–Trinajstić information content (AvgIpc) is 2.83. The maximum absolute atomic E-state index is 11.9. The van der Waals surface area contributed by atoms with Crippen molar-refractivity contribution in [2.45, 2.75) is 19.8 Å². The van der Waals surface area contributed by atoms with Crippen molar-refractivity contribution >= 4 is 9.84 Å². The van der Waals surface area contributed by atoms with E-state index in [1.807, 2.05) is 19.1 Å². The van der Waals surface area contributed by atoms with Gasteiger partial charge in [-0.2, -0.15) is 0 Å². The molecule has 5 heteroatoms. The molecule has 0 saturated carbocycles. The molecule has 1 atom stereocenters. The largest absolute Gasteiger partial charge is 0.493 e. The molecule has 0 fully saturated rings. The summed E-state index contributed by atoms with van der Waals surface area (Å²) >= 11 is 0. The van der Waals surface area contributed by atoms with Gasteiger partial charge >= 0.3 is 0 Å². The minimum Gasteiger partial charge on any atom is -0.493 e. The van der Waals surface area contributed by atoms with E-state index in [9.17, 15) is 8.42 Å². The zero-order valence-electron chi connectivity index (χ0n) is 11.3. The van der Waals surface area contributed by atoms with Crippen LogP contribution in [0.4, 0.5) is 0 Å². The van der Waals surface area contributed by atoms with Crippen LogP contribution in [0.15, 0.2) is 18.2 Å². The van der Waals surface area contributed by atoms with Crippen LogP contribution in [0, 0.1) is 5.92 Å². The lowest BCUT2D eigenvalue weighted by molar-refractivity contribution is 0.357. The van der Waals surface area contributed by atoms with E-state index in [0.29, 0.717) is 13.0 Å². The van der Waals surface area contributed by atoms with Gasteiger partial charge in [0.25, 0.3) is 0 Å². The summed E-state index contributed by atoms with van der Waals surface area (Å²) in [6.07, 6.45) is 1.48. The molecule has 0 aromatic heterocycles. The van der Waals surface area contributed by atoms with Crippen molar-refractivity contribution in [1.29, 1.82) is 0 Å². The third-order valence-electron chi connectivity index (χ3n) is 3.40. The van der Waals surface area contributed by atoms with Crippen LogP contribution in [0.5, 0.6) is 5.75 Å². The van der Waals surface area contributed by atoms with E-state index >= 15 is 0 Å². The predicted octanol–water partition coefficient (Wildman–Crippen LogP) is 1.17. The molecule has 1 aromatic rings. The highest BCUT2D eigenvalue weighted by molar-refractivity contribution is 7.91. The zero-order valence-corrected chi connectivity index (χ0v) is 12.1. The minimum atomic E-state index is -3.02. The van der Waals surface area contributed by atoms with Crippen molar-refractivity contribution in [3.63, 3.8) is 0 Å². The van der Waals surface area contributed by atoms with Gasteiger partial charge in [-0.25, -0.2) is 8.42 Å². The van der Waals surface area contributed by atoms with Crippen molar-refractivity contribution in [3.05, 3.63) is 29.3 Å². The molecular weight excluding hydrogens is 262 g/mol. The van der Waals surface area contributed by atoms with E-state index in [0.717, 1.165) is 24.3 Å². The maximum Gasteiger partial charge on any atom is 0.150 e. The van der Waals surface area contributed by atoms with Gasteiger partial charge in [0.05, 0.1) is 18.1 Å². The van der Waals surface area contributed by atoms with Gasteiger partial charge in [-0.1, -0.05) is 19.1 Å². The Morgan fingerprint density at radius 3 is 2.95 bits per heavy atom. The Hall–Kier alpha value is -1.07. The first kappa shape index (κ1) is 14.3. The van der Waals surface area contributed by atoms with Gasteiger partial charge in [-0.05, 0) is 36.1 Å². The van der Waals surface area contributed by atoms with Gasteiger partial charge in [-0.3, -0.25) is 0 Å². The van der Waals surface area contributed by atoms with Gasteiger partial charge in [0.15, 0.2) is 9.84 Å². The number of nitrogens with two attached hydrogens (primary N) is 1. The first-order chi connectivity index (χ1) is 9.00. The number of hydrogen-bond acceptors (Lipinski definition) is 4. The first-order valence-corrected chi connectivity index (χ1v) is 8.47. The molecule has 0 bridgehead atoms. The zero-order chi connectivity index (χ0) is 13.9. The Bertz CT molecular complexity index is 540. The van der Waals surface area contributed by atoms with Gasteiger partial charge < -0.3 is 10.5 Å². The minimum absolute atomic E-state index is 0.0263. The second-order valence-electron chi connectivity index (χ2n) is 5.25. The SMILES string of the molecule is CC(CN)CS(=O)(=O)CCc1ccc2c(c1)CCO2. The molecule has 0 amide bonds. The van der Waals surface area contributed by atoms with Gasteiger partial charge in [0.2, 0.25) is 0 Å². The number of aryl methyl sites for hydroxylation is 1. The van der Waals surface area contributed by atoms with Crippen LogP contribution < -0.4 is 10.5 Å². The average molecular weight is 283 g/mol. The van der Waals surface area contributed by atoms with Gasteiger partial charge in [0, 0.05) is 6.42 Å². The highest BCUT2D eigenvalue weighted by Crippen LogP contribution is 2.26. The van der Waals surface area contributed by atoms with Crippen LogP contribution in [-0.2, 0) is 22.7 Å². The number of hydrogen-bond donors (Lipinski definition) is 1. The van der Waals surface area contributed by atoms with Crippen molar-refractivity contribution in [2.24, 2.45) is 11.7 Å². The molecule has 1 heterocycles. The number of sulfone groups is 1. The number of fused-ring (bicyclic) bond motifs is 1. The summed E-state index contributed by atoms with van der Waals surface area (Å²) in [6, 6.07) is 5.95. The van der Waals surface area contributed by atoms with E-state index in [1.54, 1.807) is 0 Å². The van der Waals surface area contributed by atoms with Crippen LogP contribution in [0.1, 0.15) is 18.1 Å². The predicted molar refractivity (Wildman–Crippen MR) is 76.2 cm³/mol. The Labute approximate surface area is 114 Å². The third kappa shape index (κ3) is 3.94. The van der Waals surface area contributed by atoms with Crippen LogP contribution in [-0.4, -0.2) is 33.1 Å². The molecule has 2 N–H and O–H groups in total. The molecule has 1 aromatic carbocycles. The molecule has 4 nitrogen and oxygen atoms in total. The van der Waals surface area contributed by atoms with Crippen molar-refractivity contribution in [2.75, 3.05) is 24.7 Å². The van der Waals surface area contributed by atoms with Crippen LogP contribution in [0.3, 0.4) is 0 Å². The second kappa shape index (κ2) is 5.92. The first-order valence-electron chi connectivity index (χ1n) is 6.65. The molecule has 2 rings (SSSR count). The summed E-state index contributed by atoms with van der Waals surface area (Å²) in [5.74, 6) is 1.33. The van der Waals surface area contributed by atoms with Crippen LogP contribution in [0.25, 0.3) is 0 Å². The molecule has 1 unspecified atom stereocenters. The summed E-state index contributed by atoms with van der Waals surface area (Å²) in [6.45, 7) is 3.00. The Morgan fingerprint density at radius 2 is 2.21 bits per heavy atom. The monoisotopic (exact) mass is 283 g/mol. The number of ether oxygens (including phenoxy) is 1. The van der Waals surface area contributed by atoms with Crippen LogP contribution >= 0.6 is 0 Å². The van der Waals surface area contributed by atoms with E-state index < -0.39 is 9.84 Å². The lowest BCUT2D eigenvalue weighted by atomic mass is 10.1. The van der Waals surface area contributed by atoms with Crippen molar-refractivity contribution in [1.82, 2.24) is 0 Å². The van der Waals surface area contributed by atoms with E-state index in [2.05, 4.69) is 6.07 Å². The van der Waals surface area contributed by atoms with Gasteiger partial charge in [0.1, 0.15) is 5.75 Å². The van der Waals surface area contributed by atoms with E-state index in [-0.39, 0.29) is 17.4 Å². The fraction of sp³-hybridized carbons (Fsp3) is 0.571. The topological polar surface area (TPSA) is 69.4 Å². The molecule has 0 spiro atoms. The Balaban J connectivity index is 1.95. The summed E-state index contributed by atoms with van der Waals surface area (Å²) in [5, 5.41) is 0. The maximum atomic E-state index is 11.9. The Kier molecular flexibility index (Phi) is 4.47. The van der Waals surface area contributed by atoms with Crippen LogP contribution in [0.2, 0.25) is 0 Å². The third-order valence-corrected chi connectivity index (χ3v) is 5.30. The van der Waals surface area contributed by atoms with Crippen molar-refractivity contribution < 1.29 is 13.2 Å². The Morgan fingerprint density at radius 1 is 1.42 bits per heavy atom. The molecular formula is C14H21NO3S.